The van der Waals surface area contributed by atoms with Crippen LogP contribution >= 0.6 is 11.8 Å². The van der Waals surface area contributed by atoms with Crippen LogP contribution in [0.2, 0.25) is 0 Å². The molecule has 0 bridgehead atoms. The maximum absolute atomic E-state index is 11.6. The molecule has 0 amide bonds. The highest BCUT2D eigenvalue weighted by Gasteiger charge is 2.14. The summed E-state index contributed by atoms with van der Waals surface area (Å²) in [6.07, 6.45) is 1.20. The molecule has 4 nitrogen and oxygen atoms in total. The molecule has 0 fully saturated rings. The average molecular weight is 288 g/mol. The Morgan fingerprint density at radius 1 is 1.39 bits per heavy atom. The van der Waals surface area contributed by atoms with Gasteiger partial charge in [0.2, 0.25) is 0 Å². The first-order valence-electron chi connectivity index (χ1n) is 5.33. The van der Waals surface area contributed by atoms with Crippen molar-refractivity contribution < 1.29 is 17.9 Å². The minimum Gasteiger partial charge on any atom is -0.496 e. The summed E-state index contributed by atoms with van der Waals surface area (Å²) in [4.78, 5) is 12.3. The Bertz CT molecular complexity index is 535. The number of ketones is 1. The summed E-state index contributed by atoms with van der Waals surface area (Å²) < 4.78 is 27.3. The zero-order valence-corrected chi connectivity index (χ0v) is 12.2. The van der Waals surface area contributed by atoms with Crippen molar-refractivity contribution in [1.29, 1.82) is 0 Å². The Morgan fingerprint density at radius 3 is 2.56 bits per heavy atom. The normalized spacial score (nSPS) is 11.3. The highest BCUT2D eigenvalue weighted by Crippen LogP contribution is 2.30. The lowest BCUT2D eigenvalue weighted by Gasteiger charge is -2.10. The lowest BCUT2D eigenvalue weighted by atomic mass is 10.1. The van der Waals surface area contributed by atoms with Crippen molar-refractivity contribution in [2.45, 2.75) is 11.8 Å². The summed E-state index contributed by atoms with van der Waals surface area (Å²) in [6, 6.07) is 5.30. The SMILES string of the molecule is COc1cccc(SCCS(C)(=O)=O)c1C(C)=O. The van der Waals surface area contributed by atoms with Crippen molar-refractivity contribution >= 4 is 27.4 Å². The van der Waals surface area contributed by atoms with E-state index >= 15 is 0 Å². The highest BCUT2D eigenvalue weighted by molar-refractivity contribution is 8.00. The summed E-state index contributed by atoms with van der Waals surface area (Å²) in [5.41, 5.74) is 0.513. The summed E-state index contributed by atoms with van der Waals surface area (Å²) in [6.45, 7) is 1.47. The van der Waals surface area contributed by atoms with Crippen LogP contribution in [0.25, 0.3) is 0 Å². The van der Waals surface area contributed by atoms with Crippen LogP contribution in [0.4, 0.5) is 0 Å². The fourth-order valence-electron chi connectivity index (χ4n) is 1.45. The number of benzene rings is 1. The largest absolute Gasteiger partial charge is 0.496 e. The number of carbonyl (C=O) groups is 1. The van der Waals surface area contributed by atoms with Crippen molar-refractivity contribution in [3.63, 3.8) is 0 Å². The van der Waals surface area contributed by atoms with Gasteiger partial charge in [-0.25, -0.2) is 8.42 Å². The minimum atomic E-state index is -2.98. The van der Waals surface area contributed by atoms with E-state index in [1.54, 1.807) is 18.2 Å². The molecule has 0 aromatic heterocycles. The van der Waals surface area contributed by atoms with E-state index in [4.69, 9.17) is 4.74 Å². The third kappa shape index (κ3) is 4.34. The molecule has 0 radical (unpaired) electrons. The van der Waals surface area contributed by atoms with Crippen LogP contribution in [-0.2, 0) is 9.84 Å². The molecule has 0 atom stereocenters. The second kappa shape index (κ2) is 6.24. The molecular formula is C12H16O4S2. The topological polar surface area (TPSA) is 60.4 Å². The molecule has 100 valence electrons. The Labute approximate surface area is 112 Å². The standard InChI is InChI=1S/C12H16O4S2/c1-9(13)12-10(16-2)5-4-6-11(12)17-7-8-18(3,14)15/h4-6H,7-8H2,1-3H3. The van der Waals surface area contributed by atoms with Crippen molar-refractivity contribution in [2.75, 3.05) is 24.9 Å². The molecule has 0 saturated carbocycles. The number of thioether (sulfide) groups is 1. The number of Topliss-reactive ketones (excluding diaryl/α,β-unsaturated/α-hetero) is 1. The first-order valence-corrected chi connectivity index (χ1v) is 8.38. The highest BCUT2D eigenvalue weighted by atomic mass is 32.2. The van der Waals surface area contributed by atoms with Gasteiger partial charge in [-0.1, -0.05) is 6.07 Å². The van der Waals surface area contributed by atoms with Gasteiger partial charge in [0.1, 0.15) is 15.6 Å². The Morgan fingerprint density at radius 2 is 2.06 bits per heavy atom. The second-order valence-corrected chi connectivity index (χ2v) is 7.26. The molecule has 0 unspecified atom stereocenters. The average Bonchev–Trinajstić information content (AvgIpc) is 2.26. The van der Waals surface area contributed by atoms with Gasteiger partial charge in [0.25, 0.3) is 0 Å². The first kappa shape index (κ1) is 15.0. The van der Waals surface area contributed by atoms with Crippen molar-refractivity contribution in [3.8, 4) is 5.75 Å². The van der Waals surface area contributed by atoms with Gasteiger partial charge >= 0.3 is 0 Å². The summed E-state index contributed by atoms with van der Waals surface area (Å²) in [5, 5.41) is 0. The van der Waals surface area contributed by atoms with E-state index in [1.165, 1.54) is 32.1 Å². The molecule has 0 spiro atoms. The molecular weight excluding hydrogens is 272 g/mol. The first-order chi connectivity index (χ1) is 8.35. The third-order valence-corrected chi connectivity index (χ3v) is 4.54. The molecule has 18 heavy (non-hydrogen) atoms. The molecule has 0 saturated heterocycles. The lowest BCUT2D eigenvalue weighted by Crippen LogP contribution is -2.06. The molecule has 1 rings (SSSR count). The molecule has 1 aromatic rings. The fourth-order valence-corrected chi connectivity index (χ4v) is 3.78. The van der Waals surface area contributed by atoms with E-state index in [1.807, 2.05) is 0 Å². The van der Waals surface area contributed by atoms with E-state index in [0.717, 1.165) is 4.90 Å². The smallest absolute Gasteiger partial charge is 0.164 e. The van der Waals surface area contributed by atoms with Crippen molar-refractivity contribution in [1.82, 2.24) is 0 Å². The number of sulfone groups is 1. The molecule has 1 aromatic carbocycles. The van der Waals surface area contributed by atoms with Crippen LogP contribution in [0.3, 0.4) is 0 Å². The van der Waals surface area contributed by atoms with Gasteiger partial charge in [-0.15, -0.1) is 11.8 Å². The maximum Gasteiger partial charge on any atom is 0.164 e. The number of methoxy groups -OCH3 is 1. The predicted octanol–water partition coefficient (Wildman–Crippen LogP) is 2.03. The van der Waals surface area contributed by atoms with E-state index in [9.17, 15) is 13.2 Å². The number of hydrogen-bond donors (Lipinski definition) is 0. The lowest BCUT2D eigenvalue weighted by molar-refractivity contribution is 0.101. The zero-order chi connectivity index (χ0) is 13.8. The van der Waals surface area contributed by atoms with Gasteiger partial charge in [0.15, 0.2) is 5.78 Å². The van der Waals surface area contributed by atoms with E-state index < -0.39 is 9.84 Å². The third-order valence-electron chi connectivity index (χ3n) is 2.27. The van der Waals surface area contributed by atoms with Gasteiger partial charge in [-0.3, -0.25) is 4.79 Å². The van der Waals surface area contributed by atoms with Crippen LogP contribution in [0.15, 0.2) is 23.1 Å². The number of hydrogen-bond acceptors (Lipinski definition) is 5. The van der Waals surface area contributed by atoms with E-state index in [0.29, 0.717) is 17.1 Å². The molecule has 0 aliphatic rings. The summed E-state index contributed by atoms with van der Waals surface area (Å²) >= 11 is 1.35. The minimum absolute atomic E-state index is 0.0886. The Hall–Kier alpha value is -1.01. The van der Waals surface area contributed by atoms with Gasteiger partial charge < -0.3 is 4.74 Å². The maximum atomic E-state index is 11.6. The molecule has 6 heteroatoms. The molecule has 0 aliphatic carbocycles. The van der Waals surface area contributed by atoms with Crippen molar-refractivity contribution in [2.24, 2.45) is 0 Å². The van der Waals surface area contributed by atoms with Crippen LogP contribution in [-0.4, -0.2) is 39.1 Å². The van der Waals surface area contributed by atoms with Gasteiger partial charge in [0.05, 0.1) is 18.4 Å². The number of rotatable bonds is 6. The Kier molecular flexibility index (Phi) is 5.22. The van der Waals surface area contributed by atoms with Crippen LogP contribution < -0.4 is 4.74 Å². The fraction of sp³-hybridized carbons (Fsp3) is 0.417. The van der Waals surface area contributed by atoms with Gasteiger partial charge in [-0.2, -0.15) is 0 Å². The monoisotopic (exact) mass is 288 g/mol. The predicted molar refractivity (Wildman–Crippen MR) is 73.4 cm³/mol. The van der Waals surface area contributed by atoms with E-state index in [-0.39, 0.29) is 11.5 Å². The van der Waals surface area contributed by atoms with Crippen molar-refractivity contribution in [3.05, 3.63) is 23.8 Å². The molecule has 0 aliphatic heterocycles. The van der Waals surface area contributed by atoms with Gasteiger partial charge in [0, 0.05) is 16.9 Å². The van der Waals surface area contributed by atoms with Crippen LogP contribution in [0.1, 0.15) is 17.3 Å². The number of carbonyl (C=O) groups excluding carboxylic acids is 1. The molecule has 0 N–H and O–H groups in total. The second-order valence-electron chi connectivity index (χ2n) is 3.87. The Balaban J connectivity index is 2.92. The van der Waals surface area contributed by atoms with Crippen LogP contribution in [0, 0.1) is 0 Å². The van der Waals surface area contributed by atoms with E-state index in [2.05, 4.69) is 0 Å². The molecule has 0 heterocycles. The quantitative estimate of drug-likeness (QED) is 0.592. The summed E-state index contributed by atoms with van der Waals surface area (Å²) in [5.74, 6) is 0.944. The van der Waals surface area contributed by atoms with Crippen LogP contribution in [0.5, 0.6) is 5.75 Å². The summed E-state index contributed by atoms with van der Waals surface area (Å²) in [7, 11) is -1.47. The number of ether oxygens (including phenoxy) is 1. The zero-order valence-electron chi connectivity index (χ0n) is 10.6. The van der Waals surface area contributed by atoms with Gasteiger partial charge in [-0.05, 0) is 19.1 Å².